The minimum atomic E-state index is -0.569. The van der Waals surface area contributed by atoms with Crippen molar-refractivity contribution in [1.29, 1.82) is 0 Å². The third-order valence-corrected chi connectivity index (χ3v) is 3.43. The third kappa shape index (κ3) is 4.72. The minimum Gasteiger partial charge on any atom is -0.320 e. The van der Waals surface area contributed by atoms with Gasteiger partial charge in [0.2, 0.25) is 11.0 Å². The maximum Gasteiger partial charge on any atom is 0.242 e. The van der Waals surface area contributed by atoms with Crippen LogP contribution in [0.15, 0.2) is 24.3 Å². The molecule has 1 atom stereocenters. The normalized spacial score (nSPS) is 11.6. The standard InChI is InChI=1S/C12H13ClN4OS.ClH/c1-7(14)11(18)15-12-17-16-10(19-12)6-8-3-2-4-9(13)5-8;/h2-5,7H,6,14H2,1H3,(H,15,17,18);1H/t7-;/m1./s1. The fraction of sp³-hybridized carbons (Fsp3) is 0.250. The van der Waals surface area contributed by atoms with E-state index in [0.29, 0.717) is 16.6 Å². The number of carbonyl (C=O) groups is 1. The van der Waals surface area contributed by atoms with Crippen molar-refractivity contribution < 1.29 is 4.79 Å². The van der Waals surface area contributed by atoms with Crippen LogP contribution in [0.2, 0.25) is 5.02 Å². The zero-order valence-corrected chi connectivity index (χ0v) is 13.1. The summed E-state index contributed by atoms with van der Waals surface area (Å²) in [6.45, 7) is 1.61. The van der Waals surface area contributed by atoms with Crippen molar-refractivity contribution in [3.63, 3.8) is 0 Å². The second-order valence-corrected chi connectivity index (χ2v) is 5.58. The lowest BCUT2D eigenvalue weighted by Gasteiger charge is -2.02. The zero-order valence-electron chi connectivity index (χ0n) is 10.7. The van der Waals surface area contributed by atoms with Gasteiger partial charge in [0.25, 0.3) is 0 Å². The van der Waals surface area contributed by atoms with Crippen LogP contribution >= 0.6 is 35.3 Å². The number of anilines is 1. The van der Waals surface area contributed by atoms with Gasteiger partial charge in [-0.1, -0.05) is 35.1 Å². The third-order valence-electron chi connectivity index (χ3n) is 2.35. The van der Waals surface area contributed by atoms with Crippen molar-refractivity contribution in [3.05, 3.63) is 39.9 Å². The fourth-order valence-corrected chi connectivity index (χ4v) is 2.41. The lowest BCUT2D eigenvalue weighted by Crippen LogP contribution is -2.32. The van der Waals surface area contributed by atoms with Gasteiger partial charge in [-0.05, 0) is 24.6 Å². The van der Waals surface area contributed by atoms with Crippen LogP contribution in [0.3, 0.4) is 0 Å². The lowest BCUT2D eigenvalue weighted by molar-refractivity contribution is -0.117. The highest BCUT2D eigenvalue weighted by Gasteiger charge is 2.11. The SMILES string of the molecule is C[C@@H](N)C(=O)Nc1nnc(Cc2cccc(Cl)c2)s1.Cl. The Labute approximate surface area is 132 Å². The van der Waals surface area contributed by atoms with Gasteiger partial charge in [0.15, 0.2) is 0 Å². The first-order valence-electron chi connectivity index (χ1n) is 5.68. The van der Waals surface area contributed by atoms with Crippen molar-refractivity contribution in [3.8, 4) is 0 Å². The van der Waals surface area contributed by atoms with Crippen molar-refractivity contribution in [2.45, 2.75) is 19.4 Å². The van der Waals surface area contributed by atoms with Gasteiger partial charge < -0.3 is 5.73 Å². The van der Waals surface area contributed by atoms with Gasteiger partial charge in [-0.15, -0.1) is 22.6 Å². The Morgan fingerprint density at radius 3 is 2.90 bits per heavy atom. The van der Waals surface area contributed by atoms with Crippen LogP contribution in [0.25, 0.3) is 0 Å². The van der Waals surface area contributed by atoms with Gasteiger partial charge in [-0.3, -0.25) is 10.1 Å². The minimum absolute atomic E-state index is 0. The van der Waals surface area contributed by atoms with Crippen LogP contribution in [0.4, 0.5) is 5.13 Å². The van der Waals surface area contributed by atoms with Crippen LogP contribution in [-0.2, 0) is 11.2 Å². The first-order valence-corrected chi connectivity index (χ1v) is 6.87. The van der Waals surface area contributed by atoms with Crippen molar-refractivity contribution >= 4 is 46.4 Å². The predicted molar refractivity (Wildman–Crippen MR) is 83.7 cm³/mol. The van der Waals surface area contributed by atoms with E-state index in [2.05, 4.69) is 15.5 Å². The highest BCUT2D eigenvalue weighted by molar-refractivity contribution is 7.15. The maximum atomic E-state index is 11.4. The first-order chi connectivity index (χ1) is 9.04. The molecular formula is C12H14Cl2N4OS. The van der Waals surface area contributed by atoms with E-state index in [9.17, 15) is 4.79 Å². The molecular weight excluding hydrogens is 319 g/mol. The molecule has 20 heavy (non-hydrogen) atoms. The summed E-state index contributed by atoms with van der Waals surface area (Å²) in [5.41, 5.74) is 6.51. The number of nitrogens with two attached hydrogens (primary N) is 1. The van der Waals surface area contributed by atoms with Gasteiger partial charge >= 0.3 is 0 Å². The van der Waals surface area contributed by atoms with Crippen LogP contribution < -0.4 is 11.1 Å². The molecule has 0 bridgehead atoms. The summed E-state index contributed by atoms with van der Waals surface area (Å²) in [4.78, 5) is 11.4. The van der Waals surface area contributed by atoms with E-state index in [4.69, 9.17) is 17.3 Å². The topological polar surface area (TPSA) is 80.9 Å². The van der Waals surface area contributed by atoms with Crippen LogP contribution in [0.5, 0.6) is 0 Å². The molecule has 0 spiro atoms. The number of carbonyl (C=O) groups excluding carboxylic acids is 1. The number of nitrogens with zero attached hydrogens (tertiary/aromatic N) is 2. The number of benzene rings is 1. The number of amides is 1. The quantitative estimate of drug-likeness (QED) is 0.901. The zero-order chi connectivity index (χ0) is 13.8. The molecule has 0 radical (unpaired) electrons. The Morgan fingerprint density at radius 1 is 1.50 bits per heavy atom. The largest absolute Gasteiger partial charge is 0.320 e. The van der Waals surface area contributed by atoms with E-state index in [1.54, 1.807) is 6.92 Å². The number of hydrogen-bond donors (Lipinski definition) is 2. The average Bonchev–Trinajstić information content (AvgIpc) is 2.76. The molecule has 5 nitrogen and oxygen atoms in total. The molecule has 0 aliphatic carbocycles. The van der Waals surface area contributed by atoms with Crippen molar-refractivity contribution in [2.24, 2.45) is 5.73 Å². The summed E-state index contributed by atoms with van der Waals surface area (Å²) in [6, 6.07) is 6.98. The molecule has 8 heteroatoms. The molecule has 1 aromatic heterocycles. The Bertz CT molecular complexity index is 588. The summed E-state index contributed by atoms with van der Waals surface area (Å²) in [5, 5.41) is 12.5. The van der Waals surface area contributed by atoms with Crippen LogP contribution in [0, 0.1) is 0 Å². The molecule has 1 heterocycles. The second-order valence-electron chi connectivity index (χ2n) is 4.09. The molecule has 0 unspecified atom stereocenters. The number of aromatic nitrogens is 2. The van der Waals surface area contributed by atoms with Gasteiger partial charge in [0.05, 0.1) is 6.04 Å². The van der Waals surface area contributed by atoms with Crippen molar-refractivity contribution in [2.75, 3.05) is 5.32 Å². The average molecular weight is 333 g/mol. The maximum absolute atomic E-state index is 11.4. The van der Waals surface area contributed by atoms with E-state index < -0.39 is 6.04 Å². The first kappa shape index (κ1) is 16.8. The lowest BCUT2D eigenvalue weighted by atomic mass is 10.2. The molecule has 0 saturated carbocycles. The highest BCUT2D eigenvalue weighted by atomic mass is 35.5. The number of halogens is 2. The summed E-state index contributed by atoms with van der Waals surface area (Å²) >= 11 is 7.24. The van der Waals surface area contributed by atoms with Gasteiger partial charge in [-0.2, -0.15) is 0 Å². The molecule has 0 aliphatic heterocycles. The van der Waals surface area contributed by atoms with Crippen molar-refractivity contribution in [1.82, 2.24) is 10.2 Å². The van der Waals surface area contributed by atoms with E-state index in [1.165, 1.54) is 11.3 Å². The molecule has 2 aromatic rings. The van der Waals surface area contributed by atoms with E-state index in [1.807, 2.05) is 24.3 Å². The molecule has 0 saturated heterocycles. The molecule has 2 rings (SSSR count). The van der Waals surface area contributed by atoms with E-state index in [-0.39, 0.29) is 18.3 Å². The van der Waals surface area contributed by atoms with Gasteiger partial charge in [0.1, 0.15) is 5.01 Å². The summed E-state index contributed by atoms with van der Waals surface area (Å²) in [5.74, 6) is -0.273. The summed E-state index contributed by atoms with van der Waals surface area (Å²) in [7, 11) is 0. The highest BCUT2D eigenvalue weighted by Crippen LogP contribution is 2.20. The fourth-order valence-electron chi connectivity index (χ4n) is 1.42. The molecule has 0 fully saturated rings. The van der Waals surface area contributed by atoms with Crippen LogP contribution in [0.1, 0.15) is 17.5 Å². The molecule has 1 aromatic carbocycles. The smallest absolute Gasteiger partial charge is 0.242 e. The molecule has 1 amide bonds. The van der Waals surface area contributed by atoms with E-state index in [0.717, 1.165) is 10.6 Å². The number of hydrogen-bond acceptors (Lipinski definition) is 5. The van der Waals surface area contributed by atoms with E-state index >= 15 is 0 Å². The number of nitrogens with one attached hydrogen (secondary N) is 1. The Kier molecular flexibility index (Phi) is 6.35. The Balaban J connectivity index is 0.00000200. The molecule has 3 N–H and O–H groups in total. The van der Waals surface area contributed by atoms with Gasteiger partial charge in [0, 0.05) is 11.4 Å². The second kappa shape index (κ2) is 7.54. The number of rotatable bonds is 4. The monoisotopic (exact) mass is 332 g/mol. The van der Waals surface area contributed by atoms with Gasteiger partial charge in [-0.25, -0.2) is 0 Å². The summed E-state index contributed by atoms with van der Waals surface area (Å²) < 4.78 is 0. The Hall–Kier alpha value is -1.21. The van der Waals surface area contributed by atoms with Crippen LogP contribution in [-0.4, -0.2) is 22.1 Å². The molecule has 108 valence electrons. The predicted octanol–water partition coefficient (Wildman–Crippen LogP) is 2.49. The summed E-state index contributed by atoms with van der Waals surface area (Å²) in [6.07, 6.45) is 0.631. The molecule has 0 aliphatic rings. The Morgan fingerprint density at radius 2 is 2.25 bits per heavy atom.